The maximum absolute atomic E-state index is 12.3. The molecule has 0 atom stereocenters. The third-order valence-electron chi connectivity index (χ3n) is 3.39. The fourth-order valence-corrected chi connectivity index (χ4v) is 3.26. The molecule has 0 saturated carbocycles. The van der Waals surface area contributed by atoms with Gasteiger partial charge in [0.15, 0.2) is 16.6 Å². The Hall–Kier alpha value is -2.54. The fraction of sp³-hybridized carbons (Fsp3) is 0.200. The molecule has 0 bridgehead atoms. The molecule has 3 heterocycles. The van der Waals surface area contributed by atoms with Gasteiger partial charge in [-0.2, -0.15) is 0 Å². The van der Waals surface area contributed by atoms with Crippen LogP contribution in [0.5, 0.6) is 11.5 Å². The van der Waals surface area contributed by atoms with Crippen molar-refractivity contribution in [1.29, 1.82) is 0 Å². The summed E-state index contributed by atoms with van der Waals surface area (Å²) in [6, 6.07) is 5.41. The van der Waals surface area contributed by atoms with Gasteiger partial charge in [-0.05, 0) is 19.9 Å². The summed E-state index contributed by atoms with van der Waals surface area (Å²) in [6.07, 6.45) is 0. The number of hydrogen-bond donors (Lipinski definition) is 1. The topological polar surface area (TPSA) is 73.6 Å². The minimum absolute atomic E-state index is 0.228. The number of thiazole rings is 1. The van der Waals surface area contributed by atoms with Crippen molar-refractivity contribution in [2.75, 3.05) is 12.1 Å². The second-order valence-electron chi connectivity index (χ2n) is 4.97. The van der Waals surface area contributed by atoms with E-state index in [2.05, 4.69) is 10.3 Å². The van der Waals surface area contributed by atoms with Crippen LogP contribution < -0.4 is 14.8 Å². The molecule has 0 unspecified atom stereocenters. The van der Waals surface area contributed by atoms with Gasteiger partial charge < -0.3 is 13.9 Å². The normalized spacial score (nSPS) is 12.8. The number of ether oxygens (including phenoxy) is 2. The molecule has 1 amide bonds. The maximum atomic E-state index is 12.3. The Bertz CT molecular complexity index is 855. The smallest absolute Gasteiger partial charge is 0.260 e. The summed E-state index contributed by atoms with van der Waals surface area (Å²) in [6.45, 7) is 3.80. The van der Waals surface area contributed by atoms with Crippen molar-refractivity contribution in [3.8, 4) is 11.5 Å². The first-order chi connectivity index (χ1) is 10.6. The predicted molar refractivity (Wildman–Crippen MR) is 81.9 cm³/mol. The van der Waals surface area contributed by atoms with Crippen LogP contribution in [0.2, 0.25) is 0 Å². The Balaban J connectivity index is 1.64. The summed E-state index contributed by atoms with van der Waals surface area (Å²) >= 11 is 1.39. The Morgan fingerprint density at radius 1 is 1.23 bits per heavy atom. The molecule has 1 N–H and O–H groups in total. The molecular formula is C15H12N2O4S. The predicted octanol–water partition coefficient (Wildman–Crippen LogP) is 3.49. The van der Waals surface area contributed by atoms with E-state index in [-0.39, 0.29) is 12.7 Å². The molecule has 7 heteroatoms. The third kappa shape index (κ3) is 2.10. The molecule has 6 nitrogen and oxygen atoms in total. The lowest BCUT2D eigenvalue weighted by Gasteiger charge is -1.98. The number of anilines is 1. The summed E-state index contributed by atoms with van der Waals surface area (Å²) in [5.41, 5.74) is 1.29. The quantitative estimate of drug-likeness (QED) is 0.783. The summed E-state index contributed by atoms with van der Waals surface area (Å²) < 4.78 is 17.0. The Morgan fingerprint density at radius 2 is 2.00 bits per heavy atom. The highest BCUT2D eigenvalue weighted by Crippen LogP contribution is 2.39. The monoisotopic (exact) mass is 316 g/mol. The maximum Gasteiger partial charge on any atom is 0.260 e. The molecule has 112 valence electrons. The molecule has 0 spiro atoms. The largest absolute Gasteiger partial charge is 0.466 e. The van der Waals surface area contributed by atoms with Crippen molar-refractivity contribution in [2.24, 2.45) is 0 Å². The van der Waals surface area contributed by atoms with E-state index in [4.69, 9.17) is 13.9 Å². The summed E-state index contributed by atoms with van der Waals surface area (Å²) in [5, 5.41) is 3.33. The lowest BCUT2D eigenvalue weighted by molar-refractivity contribution is 0.102. The Labute approximate surface area is 129 Å². The average Bonchev–Trinajstić information content (AvgIpc) is 3.13. The van der Waals surface area contributed by atoms with E-state index in [0.717, 1.165) is 10.2 Å². The van der Waals surface area contributed by atoms with Gasteiger partial charge in [0, 0.05) is 12.1 Å². The second-order valence-corrected chi connectivity index (χ2v) is 6.00. The van der Waals surface area contributed by atoms with Crippen LogP contribution in [0.15, 0.2) is 22.6 Å². The van der Waals surface area contributed by atoms with Crippen molar-refractivity contribution in [2.45, 2.75) is 13.8 Å². The highest BCUT2D eigenvalue weighted by Gasteiger charge is 2.18. The van der Waals surface area contributed by atoms with Gasteiger partial charge in [0.2, 0.25) is 6.79 Å². The molecule has 3 aromatic rings. The number of aryl methyl sites for hydroxylation is 2. The second kappa shape index (κ2) is 4.74. The highest BCUT2D eigenvalue weighted by atomic mass is 32.1. The SMILES string of the molecule is Cc1cc(C(=O)Nc2nc3cc4c(cc3s2)OCO4)c(C)o1. The number of nitrogens with one attached hydrogen (secondary N) is 1. The molecule has 1 aromatic carbocycles. The molecule has 2 aromatic heterocycles. The van der Waals surface area contributed by atoms with E-state index < -0.39 is 0 Å². The van der Waals surface area contributed by atoms with Crippen molar-refractivity contribution in [3.63, 3.8) is 0 Å². The summed E-state index contributed by atoms with van der Waals surface area (Å²) in [4.78, 5) is 16.7. The number of benzene rings is 1. The van der Waals surface area contributed by atoms with E-state index in [1.807, 2.05) is 19.1 Å². The van der Waals surface area contributed by atoms with Crippen molar-refractivity contribution >= 4 is 32.6 Å². The number of hydrogen-bond acceptors (Lipinski definition) is 6. The molecule has 0 saturated heterocycles. The van der Waals surface area contributed by atoms with Crippen molar-refractivity contribution in [3.05, 3.63) is 35.3 Å². The van der Waals surface area contributed by atoms with Gasteiger partial charge in [-0.25, -0.2) is 4.98 Å². The number of carbonyl (C=O) groups excluding carboxylic acids is 1. The number of amides is 1. The molecule has 1 aliphatic rings. The van der Waals surface area contributed by atoms with Gasteiger partial charge in [-0.3, -0.25) is 10.1 Å². The summed E-state index contributed by atoms with van der Waals surface area (Å²) in [7, 11) is 0. The number of rotatable bonds is 2. The zero-order chi connectivity index (χ0) is 15.3. The van der Waals surface area contributed by atoms with Crippen LogP contribution in [0.4, 0.5) is 5.13 Å². The van der Waals surface area contributed by atoms with Gasteiger partial charge in [0.25, 0.3) is 5.91 Å². The molecule has 0 fully saturated rings. The van der Waals surface area contributed by atoms with Crippen molar-refractivity contribution < 1.29 is 18.7 Å². The first-order valence-corrected chi connectivity index (χ1v) is 7.50. The standard InChI is InChI=1S/C15H12N2O4S/c1-7-3-9(8(2)21-7)14(18)17-15-16-10-4-11-12(20-6-19-11)5-13(10)22-15/h3-5H,6H2,1-2H3,(H,16,17,18). The molecule has 4 rings (SSSR count). The summed E-state index contributed by atoms with van der Waals surface area (Å²) in [5.74, 6) is 2.45. The number of carbonyl (C=O) groups is 1. The molecule has 0 radical (unpaired) electrons. The highest BCUT2D eigenvalue weighted by molar-refractivity contribution is 7.22. The molecule has 0 aliphatic carbocycles. The Kier molecular flexibility index (Phi) is 2.83. The molecular weight excluding hydrogens is 304 g/mol. The van der Waals surface area contributed by atoms with Gasteiger partial charge in [-0.1, -0.05) is 11.3 Å². The van der Waals surface area contributed by atoms with Crippen LogP contribution in [0.3, 0.4) is 0 Å². The van der Waals surface area contributed by atoms with Crippen LogP contribution in [0, 0.1) is 13.8 Å². The van der Waals surface area contributed by atoms with Crippen LogP contribution in [-0.2, 0) is 0 Å². The lowest BCUT2D eigenvalue weighted by Crippen LogP contribution is -2.11. The number of aromatic nitrogens is 1. The van der Waals surface area contributed by atoms with Crippen LogP contribution in [0.1, 0.15) is 21.9 Å². The van der Waals surface area contributed by atoms with Crippen molar-refractivity contribution in [1.82, 2.24) is 4.98 Å². The van der Waals surface area contributed by atoms with Crippen LogP contribution in [-0.4, -0.2) is 17.7 Å². The average molecular weight is 316 g/mol. The van der Waals surface area contributed by atoms with E-state index in [1.165, 1.54) is 11.3 Å². The zero-order valence-corrected chi connectivity index (χ0v) is 12.7. The van der Waals surface area contributed by atoms with Gasteiger partial charge in [0.1, 0.15) is 11.5 Å². The van der Waals surface area contributed by atoms with Gasteiger partial charge >= 0.3 is 0 Å². The number of furan rings is 1. The first-order valence-electron chi connectivity index (χ1n) is 6.69. The first kappa shape index (κ1) is 13.1. The molecule has 22 heavy (non-hydrogen) atoms. The van der Waals surface area contributed by atoms with Gasteiger partial charge in [-0.15, -0.1) is 0 Å². The third-order valence-corrected chi connectivity index (χ3v) is 4.32. The van der Waals surface area contributed by atoms with E-state index in [0.29, 0.717) is 33.7 Å². The zero-order valence-electron chi connectivity index (χ0n) is 11.9. The van der Waals surface area contributed by atoms with E-state index >= 15 is 0 Å². The van der Waals surface area contributed by atoms with E-state index in [1.54, 1.807) is 13.0 Å². The van der Waals surface area contributed by atoms with E-state index in [9.17, 15) is 4.79 Å². The number of fused-ring (bicyclic) bond motifs is 2. The minimum atomic E-state index is -0.228. The fourth-order valence-electron chi connectivity index (χ4n) is 2.39. The molecule has 1 aliphatic heterocycles. The van der Waals surface area contributed by atoms with Gasteiger partial charge in [0.05, 0.1) is 15.8 Å². The van der Waals surface area contributed by atoms with Crippen LogP contribution in [0.25, 0.3) is 10.2 Å². The lowest BCUT2D eigenvalue weighted by atomic mass is 10.2. The Morgan fingerprint density at radius 3 is 2.73 bits per heavy atom. The van der Waals surface area contributed by atoms with Crippen LogP contribution >= 0.6 is 11.3 Å². The number of nitrogens with zero attached hydrogens (tertiary/aromatic N) is 1. The minimum Gasteiger partial charge on any atom is -0.466 e.